The molecule has 1 fully saturated rings. The molecule has 0 aliphatic carbocycles. The van der Waals surface area contributed by atoms with Crippen molar-refractivity contribution in [1.29, 1.82) is 0 Å². The molecule has 6 nitrogen and oxygen atoms in total. The number of benzene rings is 1. The highest BCUT2D eigenvalue weighted by Gasteiger charge is 2.30. The van der Waals surface area contributed by atoms with Crippen molar-refractivity contribution in [2.45, 2.75) is 32.4 Å². The van der Waals surface area contributed by atoms with E-state index in [1.807, 2.05) is 6.92 Å². The minimum atomic E-state index is -0.603. The fourth-order valence-corrected chi connectivity index (χ4v) is 2.87. The van der Waals surface area contributed by atoms with Gasteiger partial charge in [-0.1, -0.05) is 12.1 Å². The van der Waals surface area contributed by atoms with Crippen LogP contribution in [0.5, 0.6) is 0 Å². The molecule has 2 amide bonds. The standard InChI is InChI=1S/C18H26FN3O3.ClH/c1-2-22(18(24)17(20)14-7-9-25-10-8-14)12-16(23)21-11-13-3-5-15(19)6-4-13;/h3-6,14,17H,2,7-12,20H2,1H3,(H,21,23);1H. The van der Waals surface area contributed by atoms with Crippen LogP contribution in [0.4, 0.5) is 4.39 Å². The van der Waals surface area contributed by atoms with Crippen molar-refractivity contribution in [3.05, 3.63) is 35.6 Å². The van der Waals surface area contributed by atoms with Gasteiger partial charge in [-0.15, -0.1) is 12.4 Å². The first-order valence-corrected chi connectivity index (χ1v) is 8.64. The summed E-state index contributed by atoms with van der Waals surface area (Å²) in [5.41, 5.74) is 6.90. The summed E-state index contributed by atoms with van der Waals surface area (Å²) in [6.07, 6.45) is 1.53. The zero-order valence-corrected chi connectivity index (χ0v) is 15.8. The second kappa shape index (κ2) is 11.1. The van der Waals surface area contributed by atoms with E-state index in [-0.39, 0.29) is 49.0 Å². The van der Waals surface area contributed by atoms with Crippen LogP contribution in [0.15, 0.2) is 24.3 Å². The third-order valence-electron chi connectivity index (χ3n) is 4.49. The summed E-state index contributed by atoms with van der Waals surface area (Å²) in [7, 11) is 0. The van der Waals surface area contributed by atoms with E-state index < -0.39 is 6.04 Å². The van der Waals surface area contributed by atoms with Crippen molar-refractivity contribution in [3.63, 3.8) is 0 Å². The van der Waals surface area contributed by atoms with E-state index in [1.165, 1.54) is 17.0 Å². The van der Waals surface area contributed by atoms with E-state index in [4.69, 9.17) is 10.5 Å². The fourth-order valence-electron chi connectivity index (χ4n) is 2.87. The van der Waals surface area contributed by atoms with Gasteiger partial charge in [0.2, 0.25) is 11.8 Å². The fraction of sp³-hybridized carbons (Fsp3) is 0.556. The Bertz CT molecular complexity index is 580. The number of hydrogen-bond donors (Lipinski definition) is 2. The predicted octanol–water partition coefficient (Wildman–Crippen LogP) is 1.47. The van der Waals surface area contributed by atoms with Gasteiger partial charge in [0, 0.05) is 26.3 Å². The molecule has 0 bridgehead atoms. The second-order valence-corrected chi connectivity index (χ2v) is 6.23. The van der Waals surface area contributed by atoms with Gasteiger partial charge >= 0.3 is 0 Å². The highest BCUT2D eigenvalue weighted by atomic mass is 35.5. The lowest BCUT2D eigenvalue weighted by Gasteiger charge is -2.30. The van der Waals surface area contributed by atoms with E-state index in [2.05, 4.69) is 5.32 Å². The van der Waals surface area contributed by atoms with Crippen LogP contribution in [0.25, 0.3) is 0 Å². The molecule has 2 rings (SSSR count). The summed E-state index contributed by atoms with van der Waals surface area (Å²) in [5, 5.41) is 2.74. The quantitative estimate of drug-likeness (QED) is 0.742. The molecular formula is C18H27ClFN3O3. The molecule has 0 radical (unpaired) electrons. The summed E-state index contributed by atoms with van der Waals surface area (Å²) < 4.78 is 18.2. The Morgan fingerprint density at radius 3 is 2.50 bits per heavy atom. The Morgan fingerprint density at radius 2 is 1.92 bits per heavy atom. The minimum Gasteiger partial charge on any atom is -0.381 e. The normalized spacial score (nSPS) is 15.7. The number of carbonyl (C=O) groups is 2. The molecule has 1 heterocycles. The van der Waals surface area contributed by atoms with Gasteiger partial charge in [0.1, 0.15) is 5.82 Å². The summed E-state index contributed by atoms with van der Waals surface area (Å²) in [4.78, 5) is 26.1. The lowest BCUT2D eigenvalue weighted by Crippen LogP contribution is -2.51. The van der Waals surface area contributed by atoms with Crippen LogP contribution in [-0.2, 0) is 20.9 Å². The highest BCUT2D eigenvalue weighted by Crippen LogP contribution is 2.19. The van der Waals surface area contributed by atoms with Gasteiger partial charge in [0.05, 0.1) is 12.6 Å². The number of nitrogens with one attached hydrogen (secondary N) is 1. The van der Waals surface area contributed by atoms with Crippen molar-refractivity contribution < 1.29 is 18.7 Å². The second-order valence-electron chi connectivity index (χ2n) is 6.23. The van der Waals surface area contributed by atoms with Gasteiger partial charge in [-0.05, 0) is 43.4 Å². The number of likely N-dealkylation sites (N-methyl/N-ethyl adjacent to an activating group) is 1. The summed E-state index contributed by atoms with van der Waals surface area (Å²) in [6, 6.07) is 5.31. The SMILES string of the molecule is CCN(CC(=O)NCc1ccc(F)cc1)C(=O)C(N)C1CCOCC1.Cl. The third-order valence-corrected chi connectivity index (χ3v) is 4.49. The topological polar surface area (TPSA) is 84.7 Å². The number of ether oxygens (including phenoxy) is 1. The Morgan fingerprint density at radius 1 is 1.31 bits per heavy atom. The van der Waals surface area contributed by atoms with Gasteiger partial charge in [-0.3, -0.25) is 9.59 Å². The van der Waals surface area contributed by atoms with Crippen LogP contribution in [0.1, 0.15) is 25.3 Å². The maximum Gasteiger partial charge on any atom is 0.240 e. The lowest BCUT2D eigenvalue weighted by atomic mass is 9.91. The third kappa shape index (κ3) is 6.55. The minimum absolute atomic E-state index is 0. The van der Waals surface area contributed by atoms with Crippen LogP contribution in [0, 0.1) is 11.7 Å². The maximum absolute atomic E-state index is 12.9. The largest absolute Gasteiger partial charge is 0.381 e. The summed E-state index contributed by atoms with van der Waals surface area (Å²) >= 11 is 0. The molecule has 0 saturated carbocycles. The van der Waals surface area contributed by atoms with Crippen LogP contribution in [0.2, 0.25) is 0 Å². The molecule has 1 unspecified atom stereocenters. The van der Waals surface area contributed by atoms with Crippen molar-refractivity contribution in [1.82, 2.24) is 10.2 Å². The molecule has 1 saturated heterocycles. The van der Waals surface area contributed by atoms with Gasteiger partial charge in [0.15, 0.2) is 0 Å². The molecule has 8 heteroatoms. The van der Waals surface area contributed by atoms with E-state index in [9.17, 15) is 14.0 Å². The van der Waals surface area contributed by atoms with Crippen molar-refractivity contribution in [2.75, 3.05) is 26.3 Å². The molecular weight excluding hydrogens is 361 g/mol. The number of hydrogen-bond acceptors (Lipinski definition) is 4. The molecule has 1 aromatic carbocycles. The van der Waals surface area contributed by atoms with Crippen molar-refractivity contribution >= 4 is 24.2 Å². The molecule has 0 aromatic heterocycles. The maximum atomic E-state index is 12.9. The number of carbonyl (C=O) groups excluding carboxylic acids is 2. The molecule has 0 spiro atoms. The van der Waals surface area contributed by atoms with Gasteiger partial charge in [-0.2, -0.15) is 0 Å². The number of amides is 2. The average molecular weight is 388 g/mol. The van der Waals surface area contributed by atoms with E-state index >= 15 is 0 Å². The Balaban J connectivity index is 0.00000338. The van der Waals surface area contributed by atoms with Crippen LogP contribution >= 0.6 is 12.4 Å². The van der Waals surface area contributed by atoms with Crippen molar-refractivity contribution in [2.24, 2.45) is 11.7 Å². The van der Waals surface area contributed by atoms with E-state index in [0.717, 1.165) is 18.4 Å². The van der Waals surface area contributed by atoms with E-state index in [0.29, 0.717) is 19.8 Å². The first-order valence-electron chi connectivity index (χ1n) is 8.64. The first kappa shape index (κ1) is 22.3. The van der Waals surface area contributed by atoms with Crippen LogP contribution < -0.4 is 11.1 Å². The number of nitrogens with zero attached hydrogens (tertiary/aromatic N) is 1. The van der Waals surface area contributed by atoms with Gasteiger partial charge in [0.25, 0.3) is 0 Å². The smallest absolute Gasteiger partial charge is 0.240 e. The van der Waals surface area contributed by atoms with Crippen LogP contribution in [0.3, 0.4) is 0 Å². The van der Waals surface area contributed by atoms with Gasteiger partial charge in [-0.25, -0.2) is 4.39 Å². The van der Waals surface area contributed by atoms with E-state index in [1.54, 1.807) is 12.1 Å². The predicted molar refractivity (Wildman–Crippen MR) is 99.3 cm³/mol. The lowest BCUT2D eigenvalue weighted by molar-refractivity contribution is -0.138. The highest BCUT2D eigenvalue weighted by molar-refractivity contribution is 5.87. The molecule has 26 heavy (non-hydrogen) atoms. The molecule has 146 valence electrons. The molecule has 1 aliphatic heterocycles. The summed E-state index contributed by atoms with van der Waals surface area (Å²) in [5.74, 6) is -0.692. The average Bonchev–Trinajstić information content (AvgIpc) is 2.65. The first-order chi connectivity index (χ1) is 12.0. The number of halogens is 2. The van der Waals surface area contributed by atoms with Gasteiger partial charge < -0.3 is 20.7 Å². The Labute approximate surface area is 159 Å². The Kier molecular flexibility index (Phi) is 9.54. The zero-order chi connectivity index (χ0) is 18.2. The summed E-state index contributed by atoms with van der Waals surface area (Å²) in [6.45, 7) is 3.73. The molecule has 3 N–H and O–H groups in total. The Hall–Kier alpha value is -1.70. The van der Waals surface area contributed by atoms with Crippen LogP contribution in [-0.4, -0.2) is 49.1 Å². The number of nitrogens with two attached hydrogens (primary N) is 1. The monoisotopic (exact) mass is 387 g/mol. The van der Waals surface area contributed by atoms with Crippen molar-refractivity contribution in [3.8, 4) is 0 Å². The molecule has 1 atom stereocenters. The molecule has 1 aromatic rings. The molecule has 1 aliphatic rings. The number of rotatable bonds is 7. The zero-order valence-electron chi connectivity index (χ0n) is 14.9.